The quantitative estimate of drug-likeness (QED) is 0.188. The van der Waals surface area contributed by atoms with Gasteiger partial charge in [0.25, 0.3) is 12.3 Å². The summed E-state index contributed by atoms with van der Waals surface area (Å²) in [5.74, 6) is -1.64. The molecule has 0 spiro atoms. The third-order valence-electron chi connectivity index (χ3n) is 7.51. The average Bonchev–Trinajstić information content (AvgIpc) is 3.60. The summed E-state index contributed by atoms with van der Waals surface area (Å²) in [5.41, 5.74) is -1.57. The molecule has 4 heterocycles. The first-order valence-electron chi connectivity index (χ1n) is 14.4. The van der Waals surface area contributed by atoms with Crippen LogP contribution in [-0.4, -0.2) is 68.1 Å². The number of carbonyl (C=O) groups excluding carboxylic acids is 2. The fourth-order valence-electron chi connectivity index (χ4n) is 5.33. The summed E-state index contributed by atoms with van der Waals surface area (Å²) in [7, 11) is 0. The molecule has 2 amide bonds. The summed E-state index contributed by atoms with van der Waals surface area (Å²) < 4.78 is 84.0. The van der Waals surface area contributed by atoms with Gasteiger partial charge in [0, 0.05) is 42.8 Å². The Kier molecular flexibility index (Phi) is 9.50. The van der Waals surface area contributed by atoms with Gasteiger partial charge in [-0.1, -0.05) is 0 Å². The van der Waals surface area contributed by atoms with Gasteiger partial charge < -0.3 is 21.3 Å². The van der Waals surface area contributed by atoms with Crippen molar-refractivity contribution in [1.29, 1.82) is 0 Å². The van der Waals surface area contributed by atoms with Crippen LogP contribution in [0.2, 0.25) is 0 Å². The van der Waals surface area contributed by atoms with Crippen LogP contribution in [-0.2, 0) is 17.5 Å². The lowest BCUT2D eigenvalue weighted by Crippen LogP contribution is -2.45. The van der Waals surface area contributed by atoms with Gasteiger partial charge in [-0.2, -0.15) is 18.3 Å². The van der Waals surface area contributed by atoms with Gasteiger partial charge in [0.1, 0.15) is 12.4 Å². The van der Waals surface area contributed by atoms with Crippen LogP contribution in [0.1, 0.15) is 41.4 Å². The number of benzene rings is 1. The Balaban J connectivity index is 1.32. The summed E-state index contributed by atoms with van der Waals surface area (Å²) in [6.45, 7) is 3.90. The molecule has 46 heavy (non-hydrogen) atoms. The van der Waals surface area contributed by atoms with Crippen LogP contribution in [0.3, 0.4) is 0 Å². The van der Waals surface area contributed by atoms with Gasteiger partial charge in [-0.25, -0.2) is 23.1 Å². The van der Waals surface area contributed by atoms with Gasteiger partial charge in [0.2, 0.25) is 5.91 Å². The predicted molar refractivity (Wildman–Crippen MR) is 155 cm³/mol. The smallest absolute Gasteiger partial charge is 0.354 e. The number of amides is 2. The molecule has 1 aromatic carbocycles. The number of alkyl halides is 5. The zero-order valence-corrected chi connectivity index (χ0v) is 24.8. The van der Waals surface area contributed by atoms with Crippen LogP contribution < -0.4 is 21.3 Å². The average molecular weight is 652 g/mol. The molecular formula is C29H31F6N9O2. The predicted octanol–water partition coefficient (Wildman–Crippen LogP) is 4.30. The van der Waals surface area contributed by atoms with E-state index in [0.29, 0.717) is 4.68 Å². The summed E-state index contributed by atoms with van der Waals surface area (Å²) >= 11 is 0. The standard InChI is InChI=1S/C29H31F6N9O2/c1-15-9-18(10-20(30)23(15)28(46)40-16(2)11-39-27(45)17-3-5-36-6-4-17)41-25-26-38-12-21(44(26)8-7-37-25)19-13-43(14-22(31)32)42-24(19)29(33,34)35/h7-10,12-13,16-17,22,36H,3-6,11,14H2,1-2H3,(H,37,41)(H,39,45)(H,40,46). The lowest BCUT2D eigenvalue weighted by atomic mass is 9.97. The van der Waals surface area contributed by atoms with Crippen molar-refractivity contribution in [1.82, 2.24) is 40.1 Å². The number of carbonyl (C=O) groups is 2. The maximum atomic E-state index is 15.3. The molecule has 246 valence electrons. The second kappa shape index (κ2) is 13.4. The highest BCUT2D eigenvalue weighted by Gasteiger charge is 2.38. The Bertz CT molecular complexity index is 1710. The first-order chi connectivity index (χ1) is 21.8. The Morgan fingerprint density at radius 1 is 1.15 bits per heavy atom. The molecule has 1 unspecified atom stereocenters. The number of hydrogen-bond donors (Lipinski definition) is 4. The Hall–Kier alpha value is -4.67. The van der Waals surface area contributed by atoms with Gasteiger partial charge in [0.15, 0.2) is 17.2 Å². The van der Waals surface area contributed by atoms with Crippen LogP contribution in [0.15, 0.2) is 36.9 Å². The van der Waals surface area contributed by atoms with Gasteiger partial charge in [-0.05, 0) is 57.5 Å². The normalized spacial score (nSPS) is 14.9. The molecule has 0 saturated carbocycles. The number of aromatic nitrogens is 5. The van der Waals surface area contributed by atoms with E-state index in [-0.39, 0.29) is 52.3 Å². The molecule has 4 N–H and O–H groups in total. The van der Waals surface area contributed by atoms with E-state index in [2.05, 4.69) is 36.3 Å². The highest BCUT2D eigenvalue weighted by molar-refractivity contribution is 5.96. The van der Waals surface area contributed by atoms with E-state index in [9.17, 15) is 31.5 Å². The number of anilines is 2. The van der Waals surface area contributed by atoms with Crippen LogP contribution in [0.4, 0.5) is 37.8 Å². The van der Waals surface area contributed by atoms with Crippen molar-refractivity contribution in [2.75, 3.05) is 25.0 Å². The van der Waals surface area contributed by atoms with Crippen LogP contribution in [0, 0.1) is 18.7 Å². The molecule has 1 fully saturated rings. The van der Waals surface area contributed by atoms with Crippen molar-refractivity contribution in [3.05, 3.63) is 59.6 Å². The molecule has 1 aliphatic rings. The minimum absolute atomic E-state index is 0.0522. The second-order valence-corrected chi connectivity index (χ2v) is 11.0. The summed E-state index contributed by atoms with van der Waals surface area (Å²) in [6.07, 6.45) is -1.78. The van der Waals surface area contributed by atoms with Crippen LogP contribution >= 0.6 is 0 Å². The van der Waals surface area contributed by atoms with E-state index < -0.39 is 48.2 Å². The fraction of sp³-hybridized carbons (Fsp3) is 0.414. The molecule has 0 aliphatic carbocycles. The van der Waals surface area contributed by atoms with Crippen molar-refractivity contribution < 1.29 is 35.9 Å². The molecule has 3 aromatic heterocycles. The SMILES string of the molecule is Cc1cc(Nc2nccn3c(-c4cn(CC(F)F)nc4C(F)(F)F)cnc23)cc(F)c1C(=O)NC(C)CNC(=O)C1CCNCC1. The maximum Gasteiger partial charge on any atom is 0.435 e. The first-order valence-corrected chi connectivity index (χ1v) is 14.4. The van der Waals surface area contributed by atoms with Crippen LogP contribution in [0.25, 0.3) is 16.9 Å². The molecule has 17 heteroatoms. The molecule has 1 saturated heterocycles. The lowest BCUT2D eigenvalue weighted by Gasteiger charge is -2.23. The van der Waals surface area contributed by atoms with Crippen molar-refractivity contribution in [3.8, 4) is 11.3 Å². The second-order valence-electron chi connectivity index (χ2n) is 11.0. The van der Waals surface area contributed by atoms with E-state index >= 15 is 4.39 Å². The van der Waals surface area contributed by atoms with Crippen LogP contribution in [0.5, 0.6) is 0 Å². The summed E-state index contributed by atoms with van der Waals surface area (Å²) in [6, 6.07) is 2.08. The molecule has 11 nitrogen and oxygen atoms in total. The number of rotatable bonds is 10. The number of fused-ring (bicyclic) bond motifs is 1. The third-order valence-corrected chi connectivity index (χ3v) is 7.51. The minimum Gasteiger partial charge on any atom is -0.354 e. The Morgan fingerprint density at radius 3 is 2.57 bits per heavy atom. The van der Waals surface area contributed by atoms with Gasteiger partial charge in [0.05, 0.1) is 23.0 Å². The number of hydrogen-bond acceptors (Lipinski definition) is 7. The summed E-state index contributed by atoms with van der Waals surface area (Å²) in [5, 5.41) is 14.9. The minimum atomic E-state index is -4.93. The van der Waals surface area contributed by atoms with Crippen molar-refractivity contribution in [3.63, 3.8) is 0 Å². The van der Waals surface area contributed by atoms with E-state index in [4.69, 9.17) is 0 Å². The number of piperidine rings is 1. The van der Waals surface area contributed by atoms with Gasteiger partial charge in [-0.3, -0.25) is 18.7 Å². The van der Waals surface area contributed by atoms with E-state index in [1.807, 2.05) is 0 Å². The molecule has 1 aliphatic heterocycles. The molecule has 1 atom stereocenters. The fourth-order valence-corrected chi connectivity index (χ4v) is 5.33. The number of nitrogens with zero attached hydrogens (tertiary/aromatic N) is 5. The number of nitrogens with one attached hydrogen (secondary N) is 4. The molecule has 5 rings (SSSR count). The topological polar surface area (TPSA) is 130 Å². The highest BCUT2D eigenvalue weighted by atomic mass is 19.4. The van der Waals surface area contributed by atoms with Crippen molar-refractivity contribution >= 4 is 29.0 Å². The highest BCUT2D eigenvalue weighted by Crippen LogP contribution is 2.37. The zero-order valence-electron chi connectivity index (χ0n) is 24.8. The van der Waals surface area contributed by atoms with E-state index in [0.717, 1.165) is 44.4 Å². The van der Waals surface area contributed by atoms with E-state index in [1.54, 1.807) is 6.92 Å². The first kappa shape index (κ1) is 32.7. The third kappa shape index (κ3) is 7.24. The van der Waals surface area contributed by atoms with Gasteiger partial charge in [-0.15, -0.1) is 0 Å². The van der Waals surface area contributed by atoms with E-state index in [1.165, 1.54) is 29.8 Å². The lowest BCUT2D eigenvalue weighted by molar-refractivity contribution is -0.141. The van der Waals surface area contributed by atoms with Crippen molar-refractivity contribution in [2.45, 2.75) is 51.9 Å². The monoisotopic (exact) mass is 651 g/mol. The number of aryl methyl sites for hydroxylation is 1. The molecule has 0 radical (unpaired) electrons. The zero-order chi connectivity index (χ0) is 33.2. The molecule has 4 aromatic rings. The molecule has 0 bridgehead atoms. The maximum absolute atomic E-state index is 15.3. The largest absolute Gasteiger partial charge is 0.435 e. The Labute approximate surface area is 258 Å². The van der Waals surface area contributed by atoms with Crippen molar-refractivity contribution in [2.24, 2.45) is 5.92 Å². The summed E-state index contributed by atoms with van der Waals surface area (Å²) in [4.78, 5) is 33.7. The van der Waals surface area contributed by atoms with Gasteiger partial charge >= 0.3 is 6.18 Å². The number of imidazole rings is 1. The number of halogens is 6. The Morgan fingerprint density at radius 2 is 1.89 bits per heavy atom. The molecular weight excluding hydrogens is 620 g/mol.